The minimum Gasteiger partial charge on any atom is -0.285 e. The van der Waals surface area contributed by atoms with Gasteiger partial charge in [-0.15, -0.1) is 0 Å². The van der Waals surface area contributed by atoms with Crippen LogP contribution in [0.4, 0.5) is 0 Å². The molecule has 0 spiro atoms. The molecule has 1 N–H and O–H groups in total. The molecule has 4 heteroatoms. The van der Waals surface area contributed by atoms with E-state index in [1.807, 2.05) is 42.5 Å². The Labute approximate surface area is 100 Å². The summed E-state index contributed by atoms with van der Waals surface area (Å²) in [5.74, 6) is -0.345. The Morgan fingerprint density at radius 3 is 1.88 bits per heavy atom. The highest BCUT2D eigenvalue weighted by atomic mass is 32.2. The number of benzene rings is 2. The Bertz CT molecular complexity index is 586. The van der Waals surface area contributed by atoms with Crippen molar-refractivity contribution < 1.29 is 13.0 Å². The highest BCUT2D eigenvalue weighted by Gasteiger charge is 2.06. The topological polar surface area (TPSA) is 54.4 Å². The minimum absolute atomic E-state index is 0.345. The maximum Gasteiger partial charge on any atom is 0.269 e. The quantitative estimate of drug-likeness (QED) is 0.850. The normalized spacial score (nSPS) is 11.4. The summed E-state index contributed by atoms with van der Waals surface area (Å²) in [6.45, 7) is 0. The van der Waals surface area contributed by atoms with Crippen LogP contribution in [0.15, 0.2) is 54.6 Å². The first-order valence-electron chi connectivity index (χ1n) is 5.14. The van der Waals surface area contributed by atoms with E-state index in [9.17, 15) is 8.42 Å². The molecule has 0 radical (unpaired) electrons. The molecule has 0 amide bonds. The maximum atomic E-state index is 10.7. The molecular weight excluding hydrogens is 236 g/mol. The zero-order chi connectivity index (χ0) is 12.3. The van der Waals surface area contributed by atoms with Crippen molar-refractivity contribution >= 4 is 10.1 Å². The molecule has 0 aliphatic heterocycles. The van der Waals surface area contributed by atoms with Crippen LogP contribution < -0.4 is 0 Å². The van der Waals surface area contributed by atoms with Gasteiger partial charge in [0.15, 0.2) is 0 Å². The lowest BCUT2D eigenvalue weighted by atomic mass is 10.0. The predicted molar refractivity (Wildman–Crippen MR) is 67.1 cm³/mol. The van der Waals surface area contributed by atoms with Crippen LogP contribution in [0.3, 0.4) is 0 Å². The van der Waals surface area contributed by atoms with Gasteiger partial charge in [0.05, 0.1) is 0 Å². The summed E-state index contributed by atoms with van der Waals surface area (Å²) in [6, 6.07) is 16.9. The van der Waals surface area contributed by atoms with E-state index in [1.54, 1.807) is 12.1 Å². The second-order valence-electron chi connectivity index (χ2n) is 3.79. The SMILES string of the molecule is O=S(=O)(O)Cc1ccc(-c2ccccc2)cc1. The van der Waals surface area contributed by atoms with Crippen molar-refractivity contribution in [3.63, 3.8) is 0 Å². The zero-order valence-corrected chi connectivity index (χ0v) is 9.89. The van der Waals surface area contributed by atoms with E-state index in [0.29, 0.717) is 5.56 Å². The molecule has 0 heterocycles. The van der Waals surface area contributed by atoms with Crippen molar-refractivity contribution in [2.24, 2.45) is 0 Å². The summed E-state index contributed by atoms with van der Waals surface area (Å²) in [5.41, 5.74) is 2.67. The van der Waals surface area contributed by atoms with Gasteiger partial charge in [-0.25, -0.2) is 0 Å². The van der Waals surface area contributed by atoms with Crippen molar-refractivity contribution in [1.82, 2.24) is 0 Å². The molecule has 0 aromatic heterocycles. The van der Waals surface area contributed by atoms with Gasteiger partial charge in [-0.05, 0) is 16.7 Å². The lowest BCUT2D eigenvalue weighted by molar-refractivity contribution is 0.482. The fourth-order valence-corrected chi connectivity index (χ4v) is 2.25. The summed E-state index contributed by atoms with van der Waals surface area (Å²) in [4.78, 5) is 0. The largest absolute Gasteiger partial charge is 0.285 e. The van der Waals surface area contributed by atoms with Crippen LogP contribution in [0.2, 0.25) is 0 Å². The average Bonchev–Trinajstić information content (AvgIpc) is 2.29. The summed E-state index contributed by atoms with van der Waals surface area (Å²) in [7, 11) is -3.95. The predicted octanol–water partition coefficient (Wildman–Crippen LogP) is 2.74. The van der Waals surface area contributed by atoms with Gasteiger partial charge < -0.3 is 0 Å². The average molecular weight is 248 g/mol. The van der Waals surface area contributed by atoms with E-state index >= 15 is 0 Å². The van der Waals surface area contributed by atoms with E-state index in [1.165, 1.54) is 0 Å². The van der Waals surface area contributed by atoms with Gasteiger partial charge >= 0.3 is 0 Å². The van der Waals surface area contributed by atoms with Gasteiger partial charge in [-0.3, -0.25) is 4.55 Å². The van der Waals surface area contributed by atoms with E-state index in [4.69, 9.17) is 4.55 Å². The lowest BCUT2D eigenvalue weighted by Crippen LogP contribution is -2.01. The lowest BCUT2D eigenvalue weighted by Gasteiger charge is -2.03. The van der Waals surface area contributed by atoms with Crippen LogP contribution in [-0.4, -0.2) is 13.0 Å². The Morgan fingerprint density at radius 1 is 0.824 bits per heavy atom. The molecule has 0 aliphatic carbocycles. The van der Waals surface area contributed by atoms with E-state index < -0.39 is 10.1 Å². The van der Waals surface area contributed by atoms with E-state index in [0.717, 1.165) is 11.1 Å². The Morgan fingerprint density at radius 2 is 1.35 bits per heavy atom. The third kappa shape index (κ3) is 3.41. The summed E-state index contributed by atoms with van der Waals surface area (Å²) < 4.78 is 30.2. The molecule has 0 bridgehead atoms. The molecular formula is C13H12O3S. The molecule has 0 saturated heterocycles. The molecule has 0 aliphatic rings. The molecule has 2 aromatic carbocycles. The Balaban J connectivity index is 2.25. The number of hydrogen-bond donors (Lipinski definition) is 1. The molecule has 2 aromatic rings. The first-order valence-corrected chi connectivity index (χ1v) is 6.75. The van der Waals surface area contributed by atoms with Crippen LogP contribution in [0.25, 0.3) is 11.1 Å². The van der Waals surface area contributed by atoms with Crippen LogP contribution in [0.1, 0.15) is 5.56 Å². The standard InChI is InChI=1S/C13H12O3S/c14-17(15,16)10-11-6-8-13(9-7-11)12-4-2-1-3-5-12/h1-9H,10H2,(H,14,15,16). The van der Waals surface area contributed by atoms with Crippen molar-refractivity contribution in [2.45, 2.75) is 5.75 Å². The van der Waals surface area contributed by atoms with Crippen LogP contribution in [0, 0.1) is 0 Å². The molecule has 0 fully saturated rings. The first-order chi connectivity index (χ1) is 8.04. The van der Waals surface area contributed by atoms with Gasteiger partial charge in [-0.2, -0.15) is 8.42 Å². The molecule has 2 rings (SSSR count). The zero-order valence-electron chi connectivity index (χ0n) is 9.08. The summed E-state index contributed by atoms with van der Waals surface area (Å²) in [5, 5.41) is 0. The Kier molecular flexibility index (Phi) is 3.26. The van der Waals surface area contributed by atoms with Crippen LogP contribution >= 0.6 is 0 Å². The highest BCUT2D eigenvalue weighted by molar-refractivity contribution is 7.85. The molecule has 88 valence electrons. The fraction of sp³-hybridized carbons (Fsp3) is 0.0769. The minimum atomic E-state index is -3.95. The van der Waals surface area contributed by atoms with Gasteiger partial charge in [0, 0.05) is 0 Å². The van der Waals surface area contributed by atoms with Gasteiger partial charge in [0.2, 0.25) is 0 Å². The van der Waals surface area contributed by atoms with E-state index in [2.05, 4.69) is 0 Å². The van der Waals surface area contributed by atoms with Gasteiger partial charge in [0.1, 0.15) is 5.75 Å². The van der Waals surface area contributed by atoms with E-state index in [-0.39, 0.29) is 5.75 Å². The molecule has 0 unspecified atom stereocenters. The van der Waals surface area contributed by atoms with Crippen molar-refractivity contribution in [1.29, 1.82) is 0 Å². The Hall–Kier alpha value is -1.65. The van der Waals surface area contributed by atoms with Crippen LogP contribution in [0.5, 0.6) is 0 Å². The van der Waals surface area contributed by atoms with Gasteiger partial charge in [-0.1, -0.05) is 54.6 Å². The van der Waals surface area contributed by atoms with Crippen molar-refractivity contribution in [3.05, 3.63) is 60.2 Å². The second kappa shape index (κ2) is 4.69. The molecule has 17 heavy (non-hydrogen) atoms. The van der Waals surface area contributed by atoms with Crippen molar-refractivity contribution in [3.8, 4) is 11.1 Å². The summed E-state index contributed by atoms with van der Waals surface area (Å²) >= 11 is 0. The smallest absolute Gasteiger partial charge is 0.269 e. The second-order valence-corrected chi connectivity index (χ2v) is 5.24. The highest BCUT2D eigenvalue weighted by Crippen LogP contribution is 2.19. The van der Waals surface area contributed by atoms with Gasteiger partial charge in [0.25, 0.3) is 10.1 Å². The first kappa shape index (κ1) is 11.8. The maximum absolute atomic E-state index is 10.7. The number of rotatable bonds is 3. The van der Waals surface area contributed by atoms with Crippen molar-refractivity contribution in [2.75, 3.05) is 0 Å². The molecule has 0 atom stereocenters. The number of hydrogen-bond acceptors (Lipinski definition) is 2. The van der Waals surface area contributed by atoms with Crippen LogP contribution in [-0.2, 0) is 15.9 Å². The third-order valence-electron chi connectivity index (χ3n) is 2.41. The summed E-state index contributed by atoms with van der Waals surface area (Å²) in [6.07, 6.45) is 0. The third-order valence-corrected chi connectivity index (χ3v) is 3.11. The fourth-order valence-electron chi connectivity index (χ4n) is 1.63. The molecule has 3 nitrogen and oxygen atoms in total. The monoisotopic (exact) mass is 248 g/mol. The molecule has 0 saturated carbocycles.